The van der Waals surface area contributed by atoms with Crippen LogP contribution in [0.25, 0.3) is 11.1 Å². The summed E-state index contributed by atoms with van der Waals surface area (Å²) in [7, 11) is 0. The van der Waals surface area contributed by atoms with Crippen molar-refractivity contribution in [2.45, 2.75) is 12.8 Å². The predicted octanol–water partition coefficient (Wildman–Crippen LogP) is 4.06. The molecule has 150 valence electrons. The van der Waals surface area contributed by atoms with Gasteiger partial charge >= 0.3 is 5.97 Å². The summed E-state index contributed by atoms with van der Waals surface area (Å²) in [6, 6.07) is 17.1. The van der Waals surface area contributed by atoms with E-state index in [1.54, 1.807) is 24.3 Å². The fourth-order valence-corrected chi connectivity index (χ4v) is 2.73. The van der Waals surface area contributed by atoms with Gasteiger partial charge in [0.2, 0.25) is 0 Å². The van der Waals surface area contributed by atoms with E-state index in [-0.39, 0.29) is 31.1 Å². The van der Waals surface area contributed by atoms with Crippen LogP contribution in [-0.2, 0) is 14.3 Å². The normalized spacial score (nSPS) is 10.1. The second-order valence-corrected chi connectivity index (χ2v) is 6.40. The number of carbonyl (C=O) groups excluding carboxylic acids is 3. The third kappa shape index (κ3) is 6.88. The van der Waals surface area contributed by atoms with Crippen molar-refractivity contribution in [1.29, 1.82) is 0 Å². The fraction of sp³-hybridized carbons (Fsp3) is 0.208. The lowest BCUT2D eigenvalue weighted by Crippen LogP contribution is -2.35. The van der Waals surface area contributed by atoms with Crippen LogP contribution < -0.4 is 0 Å². The molecule has 2 aromatic rings. The molecule has 0 bridgehead atoms. The summed E-state index contributed by atoms with van der Waals surface area (Å²) in [5, 5.41) is 0. The molecule has 0 N–H and O–H groups in total. The highest BCUT2D eigenvalue weighted by Gasteiger charge is 2.15. The number of amides is 1. The molecule has 0 aliphatic carbocycles. The molecule has 0 aromatic heterocycles. The number of hydrogen-bond acceptors (Lipinski definition) is 4. The molecule has 0 fully saturated rings. The minimum atomic E-state index is -0.579. The van der Waals surface area contributed by atoms with E-state index in [1.165, 1.54) is 4.90 Å². The van der Waals surface area contributed by atoms with Gasteiger partial charge in [-0.05, 0) is 11.1 Å². The van der Waals surface area contributed by atoms with Crippen LogP contribution in [0.4, 0.5) is 0 Å². The van der Waals surface area contributed by atoms with Gasteiger partial charge < -0.3 is 9.64 Å². The second kappa shape index (κ2) is 11.4. The highest BCUT2D eigenvalue weighted by Crippen LogP contribution is 2.20. The summed E-state index contributed by atoms with van der Waals surface area (Å²) in [5.74, 6) is -1.06. The first kappa shape index (κ1) is 21.8. The molecule has 0 saturated carbocycles. The molecule has 0 heterocycles. The molecule has 0 aliphatic heterocycles. The lowest BCUT2D eigenvalue weighted by atomic mass is 10.0. The van der Waals surface area contributed by atoms with Crippen molar-refractivity contribution in [1.82, 2.24) is 4.90 Å². The third-order valence-electron chi connectivity index (χ3n) is 4.28. The quantitative estimate of drug-likeness (QED) is 0.329. The van der Waals surface area contributed by atoms with E-state index in [4.69, 9.17) is 4.74 Å². The maximum absolute atomic E-state index is 12.3. The van der Waals surface area contributed by atoms with E-state index in [0.29, 0.717) is 18.7 Å². The lowest BCUT2D eigenvalue weighted by molar-refractivity contribution is -0.151. The van der Waals surface area contributed by atoms with Crippen molar-refractivity contribution in [3.05, 3.63) is 85.5 Å². The Labute approximate surface area is 171 Å². The van der Waals surface area contributed by atoms with Gasteiger partial charge in [0.15, 0.2) is 12.4 Å². The lowest BCUT2D eigenvalue weighted by Gasteiger charge is -2.18. The highest BCUT2D eigenvalue weighted by atomic mass is 16.5. The van der Waals surface area contributed by atoms with E-state index in [0.717, 1.165) is 11.1 Å². The minimum absolute atomic E-state index is 0.0285. The molecule has 5 nitrogen and oxygen atoms in total. The molecule has 2 rings (SSSR count). The monoisotopic (exact) mass is 391 g/mol. The Bertz CT molecular complexity index is 846. The van der Waals surface area contributed by atoms with E-state index in [2.05, 4.69) is 13.2 Å². The molecular formula is C24H25NO4. The molecule has 0 aliphatic rings. The van der Waals surface area contributed by atoms with Gasteiger partial charge in [-0.1, -0.05) is 66.7 Å². The van der Waals surface area contributed by atoms with Crippen LogP contribution in [0.15, 0.2) is 79.9 Å². The maximum Gasteiger partial charge on any atom is 0.306 e. The van der Waals surface area contributed by atoms with Gasteiger partial charge in [0, 0.05) is 25.1 Å². The molecule has 2 aromatic carbocycles. The van der Waals surface area contributed by atoms with Crippen molar-refractivity contribution >= 4 is 17.7 Å². The van der Waals surface area contributed by atoms with Crippen molar-refractivity contribution in [3.8, 4) is 11.1 Å². The maximum atomic E-state index is 12.3. The molecule has 5 heteroatoms. The summed E-state index contributed by atoms with van der Waals surface area (Å²) in [6.07, 6.45) is 3.13. The molecule has 0 radical (unpaired) electrons. The van der Waals surface area contributed by atoms with E-state index >= 15 is 0 Å². The van der Waals surface area contributed by atoms with Gasteiger partial charge in [-0.3, -0.25) is 14.4 Å². The number of ether oxygens (including phenoxy) is 1. The van der Waals surface area contributed by atoms with Crippen LogP contribution in [0.2, 0.25) is 0 Å². The molecule has 0 atom stereocenters. The number of esters is 1. The first-order chi connectivity index (χ1) is 14.0. The zero-order valence-corrected chi connectivity index (χ0v) is 16.4. The zero-order valence-electron chi connectivity index (χ0n) is 16.4. The highest BCUT2D eigenvalue weighted by molar-refractivity contribution is 5.98. The number of nitrogens with zero attached hydrogens (tertiary/aromatic N) is 1. The van der Waals surface area contributed by atoms with Gasteiger partial charge in [0.05, 0.1) is 6.42 Å². The third-order valence-corrected chi connectivity index (χ3v) is 4.28. The predicted molar refractivity (Wildman–Crippen MR) is 113 cm³/mol. The van der Waals surface area contributed by atoms with Crippen LogP contribution in [0.1, 0.15) is 23.2 Å². The first-order valence-electron chi connectivity index (χ1n) is 9.39. The number of carbonyl (C=O) groups is 3. The Morgan fingerprint density at radius 2 is 1.41 bits per heavy atom. The van der Waals surface area contributed by atoms with Crippen molar-refractivity contribution < 1.29 is 19.1 Å². The minimum Gasteiger partial charge on any atom is -0.456 e. The van der Waals surface area contributed by atoms with Crippen molar-refractivity contribution in [2.75, 3.05) is 19.7 Å². The van der Waals surface area contributed by atoms with Gasteiger partial charge in [-0.15, -0.1) is 13.2 Å². The summed E-state index contributed by atoms with van der Waals surface area (Å²) >= 11 is 0. The smallest absolute Gasteiger partial charge is 0.306 e. The van der Waals surface area contributed by atoms with E-state index in [1.807, 2.05) is 42.5 Å². The molecular weight excluding hydrogens is 366 g/mol. The Kier molecular flexibility index (Phi) is 8.57. The fourth-order valence-electron chi connectivity index (χ4n) is 2.73. The first-order valence-corrected chi connectivity index (χ1v) is 9.39. The van der Waals surface area contributed by atoms with Crippen LogP contribution in [0.3, 0.4) is 0 Å². The van der Waals surface area contributed by atoms with Gasteiger partial charge in [-0.25, -0.2) is 0 Å². The number of rotatable bonds is 11. The number of hydrogen-bond donors (Lipinski definition) is 0. The Morgan fingerprint density at radius 1 is 0.828 bits per heavy atom. The van der Waals surface area contributed by atoms with E-state index < -0.39 is 5.97 Å². The summed E-state index contributed by atoms with van der Waals surface area (Å²) < 4.78 is 4.99. The average Bonchev–Trinajstić information content (AvgIpc) is 2.76. The van der Waals surface area contributed by atoms with Crippen LogP contribution in [0, 0.1) is 0 Å². The standard InChI is InChI=1S/C24H25NO4/c1-3-16-25(17-4-2)23(27)18-29-24(28)15-14-22(26)21-12-10-20(11-13-21)19-8-6-5-7-9-19/h3-13H,1-2,14-18H2. The van der Waals surface area contributed by atoms with Crippen LogP contribution in [0.5, 0.6) is 0 Å². The van der Waals surface area contributed by atoms with E-state index in [9.17, 15) is 14.4 Å². The Morgan fingerprint density at radius 3 is 2.00 bits per heavy atom. The summed E-state index contributed by atoms with van der Waals surface area (Å²) in [4.78, 5) is 37.7. The average molecular weight is 391 g/mol. The second-order valence-electron chi connectivity index (χ2n) is 6.40. The Hall–Kier alpha value is -3.47. The number of Topliss-reactive ketones (excluding diaryl/α,β-unsaturated/α-hetero) is 1. The molecule has 0 saturated heterocycles. The topological polar surface area (TPSA) is 63.7 Å². The summed E-state index contributed by atoms with van der Waals surface area (Å²) in [5.41, 5.74) is 2.63. The zero-order chi connectivity index (χ0) is 21.1. The van der Waals surface area contributed by atoms with Crippen LogP contribution in [-0.4, -0.2) is 42.3 Å². The molecule has 0 unspecified atom stereocenters. The van der Waals surface area contributed by atoms with Crippen LogP contribution >= 0.6 is 0 Å². The number of ketones is 1. The van der Waals surface area contributed by atoms with Gasteiger partial charge in [0.1, 0.15) is 0 Å². The van der Waals surface area contributed by atoms with Crippen molar-refractivity contribution in [2.24, 2.45) is 0 Å². The summed E-state index contributed by atoms with van der Waals surface area (Å²) in [6.45, 7) is 7.51. The largest absolute Gasteiger partial charge is 0.456 e. The SMILES string of the molecule is C=CCN(CC=C)C(=O)COC(=O)CCC(=O)c1ccc(-c2ccccc2)cc1. The van der Waals surface area contributed by atoms with Gasteiger partial charge in [-0.2, -0.15) is 0 Å². The Balaban J connectivity index is 1.81. The number of benzene rings is 2. The van der Waals surface area contributed by atoms with Crippen molar-refractivity contribution in [3.63, 3.8) is 0 Å². The molecule has 0 spiro atoms. The van der Waals surface area contributed by atoms with Gasteiger partial charge in [0.25, 0.3) is 5.91 Å². The molecule has 29 heavy (non-hydrogen) atoms. The molecule has 1 amide bonds.